The predicted octanol–water partition coefficient (Wildman–Crippen LogP) is 2.87. The zero-order chi connectivity index (χ0) is 16.1. The van der Waals surface area contributed by atoms with Crippen LogP contribution in [0, 0.1) is 12.8 Å². The molecule has 1 aromatic carbocycles. The molecule has 0 saturated carbocycles. The van der Waals surface area contributed by atoms with Crippen LogP contribution in [0.3, 0.4) is 0 Å². The lowest BCUT2D eigenvalue weighted by atomic mass is 10.0. The van der Waals surface area contributed by atoms with Gasteiger partial charge in [0.15, 0.2) is 0 Å². The Balaban J connectivity index is 0.00000156. The zero-order valence-electron chi connectivity index (χ0n) is 15.1. The number of nitrogens with zero attached hydrogens (tertiary/aromatic N) is 2. The second kappa shape index (κ2) is 11.0. The van der Waals surface area contributed by atoms with Gasteiger partial charge in [0.1, 0.15) is 0 Å². The van der Waals surface area contributed by atoms with Crippen molar-refractivity contribution in [3.05, 3.63) is 35.4 Å². The van der Waals surface area contributed by atoms with Crippen LogP contribution >= 0.6 is 24.8 Å². The minimum absolute atomic E-state index is 0. The van der Waals surface area contributed by atoms with Gasteiger partial charge in [-0.05, 0) is 44.3 Å². The van der Waals surface area contributed by atoms with E-state index in [1.165, 1.54) is 17.5 Å². The van der Waals surface area contributed by atoms with Gasteiger partial charge >= 0.3 is 0 Å². The number of hydrogen-bond donors (Lipinski definition) is 1. The van der Waals surface area contributed by atoms with E-state index in [0.29, 0.717) is 11.8 Å². The molecule has 1 aromatic rings. The van der Waals surface area contributed by atoms with Gasteiger partial charge in [-0.25, -0.2) is 0 Å². The second-order valence-electron chi connectivity index (χ2n) is 7.04. The summed E-state index contributed by atoms with van der Waals surface area (Å²) in [6, 6.07) is 8.72. The fraction of sp³-hybridized carbons (Fsp3) is 0.632. The lowest BCUT2D eigenvalue weighted by Crippen LogP contribution is -2.48. The lowest BCUT2D eigenvalue weighted by Gasteiger charge is -2.35. The molecule has 1 amide bonds. The quantitative estimate of drug-likeness (QED) is 0.843. The fourth-order valence-electron chi connectivity index (χ4n) is 3.67. The lowest BCUT2D eigenvalue weighted by molar-refractivity contribution is -0.133. The Morgan fingerprint density at radius 2 is 1.96 bits per heavy atom. The first-order chi connectivity index (χ1) is 11.2. The minimum atomic E-state index is 0. The highest BCUT2D eigenvalue weighted by Gasteiger charge is 2.22. The monoisotopic (exact) mass is 387 g/mol. The Bertz CT molecular complexity index is 527. The molecule has 0 spiro atoms. The number of rotatable bonds is 5. The molecule has 142 valence electrons. The summed E-state index contributed by atoms with van der Waals surface area (Å²) in [5, 5.41) is 3.38. The maximum Gasteiger partial charge on any atom is 0.222 e. The molecular formula is C19H31Cl2N3O. The number of hydrogen-bond acceptors (Lipinski definition) is 3. The molecule has 2 heterocycles. The number of carbonyl (C=O) groups is 1. The number of halogens is 2. The molecular weight excluding hydrogens is 357 g/mol. The third kappa shape index (κ3) is 6.78. The molecule has 2 aliphatic heterocycles. The molecule has 4 nitrogen and oxygen atoms in total. The van der Waals surface area contributed by atoms with E-state index in [1.807, 2.05) is 0 Å². The van der Waals surface area contributed by atoms with Crippen molar-refractivity contribution in [2.75, 3.05) is 39.3 Å². The first-order valence-corrected chi connectivity index (χ1v) is 8.97. The van der Waals surface area contributed by atoms with Gasteiger partial charge in [0.05, 0.1) is 0 Å². The number of nitrogens with one attached hydrogen (secondary N) is 1. The standard InChI is InChI=1S/C19H29N3O.2ClH/c1-16-3-2-4-18(13-16)15-21-9-11-22(12-10-21)19(23)6-5-17-7-8-20-14-17;;/h2-4,13,17,20H,5-12,14-15H2,1H3;2*1H. The van der Waals surface area contributed by atoms with Crippen molar-refractivity contribution in [3.63, 3.8) is 0 Å². The highest BCUT2D eigenvalue weighted by Crippen LogP contribution is 2.16. The molecule has 2 saturated heterocycles. The van der Waals surface area contributed by atoms with Crippen LogP contribution in [-0.4, -0.2) is 55.0 Å². The van der Waals surface area contributed by atoms with E-state index in [9.17, 15) is 4.79 Å². The second-order valence-corrected chi connectivity index (χ2v) is 7.04. The number of amides is 1. The topological polar surface area (TPSA) is 35.6 Å². The van der Waals surface area contributed by atoms with E-state index < -0.39 is 0 Å². The Labute approximate surface area is 164 Å². The molecule has 3 rings (SSSR count). The third-order valence-electron chi connectivity index (χ3n) is 5.14. The Morgan fingerprint density at radius 3 is 2.60 bits per heavy atom. The molecule has 25 heavy (non-hydrogen) atoms. The zero-order valence-corrected chi connectivity index (χ0v) is 16.7. The first-order valence-electron chi connectivity index (χ1n) is 8.97. The average Bonchev–Trinajstić information content (AvgIpc) is 3.07. The SMILES string of the molecule is Cc1cccc(CN2CCN(C(=O)CCC3CCNC3)CC2)c1.Cl.Cl. The van der Waals surface area contributed by atoms with Gasteiger partial charge in [0.25, 0.3) is 0 Å². The van der Waals surface area contributed by atoms with E-state index in [2.05, 4.69) is 46.3 Å². The molecule has 2 aliphatic rings. The van der Waals surface area contributed by atoms with Crippen LogP contribution in [0.15, 0.2) is 24.3 Å². The van der Waals surface area contributed by atoms with Crippen LogP contribution < -0.4 is 5.32 Å². The molecule has 1 atom stereocenters. The first kappa shape index (κ1) is 22.2. The van der Waals surface area contributed by atoms with Crippen molar-refractivity contribution >= 4 is 30.7 Å². The summed E-state index contributed by atoms with van der Waals surface area (Å²) in [5.41, 5.74) is 2.69. The third-order valence-corrected chi connectivity index (χ3v) is 5.14. The number of benzene rings is 1. The molecule has 0 aromatic heterocycles. The van der Waals surface area contributed by atoms with Gasteiger partial charge in [0, 0.05) is 39.1 Å². The van der Waals surface area contributed by atoms with E-state index in [4.69, 9.17) is 0 Å². The highest BCUT2D eigenvalue weighted by molar-refractivity contribution is 5.85. The van der Waals surface area contributed by atoms with Crippen molar-refractivity contribution in [3.8, 4) is 0 Å². The van der Waals surface area contributed by atoms with Gasteiger partial charge in [0.2, 0.25) is 5.91 Å². The molecule has 2 fully saturated rings. The summed E-state index contributed by atoms with van der Waals surface area (Å²) < 4.78 is 0. The van der Waals surface area contributed by atoms with Gasteiger partial charge < -0.3 is 10.2 Å². The normalized spacial score (nSPS) is 20.7. The van der Waals surface area contributed by atoms with E-state index in [0.717, 1.165) is 58.7 Å². The van der Waals surface area contributed by atoms with Gasteiger partial charge in [-0.3, -0.25) is 9.69 Å². The largest absolute Gasteiger partial charge is 0.340 e. The molecule has 1 N–H and O–H groups in total. The van der Waals surface area contributed by atoms with Gasteiger partial charge in [-0.15, -0.1) is 24.8 Å². The Hall–Kier alpha value is -0.810. The van der Waals surface area contributed by atoms with Crippen LogP contribution in [-0.2, 0) is 11.3 Å². The van der Waals surface area contributed by atoms with Crippen LogP contribution in [0.1, 0.15) is 30.4 Å². The summed E-state index contributed by atoms with van der Waals surface area (Å²) in [5.74, 6) is 1.06. The highest BCUT2D eigenvalue weighted by atomic mass is 35.5. The maximum atomic E-state index is 12.4. The smallest absolute Gasteiger partial charge is 0.222 e. The van der Waals surface area contributed by atoms with E-state index in [1.54, 1.807) is 0 Å². The van der Waals surface area contributed by atoms with Crippen LogP contribution in [0.4, 0.5) is 0 Å². The van der Waals surface area contributed by atoms with Crippen molar-refractivity contribution < 1.29 is 4.79 Å². The summed E-state index contributed by atoms with van der Waals surface area (Å²) in [6.45, 7) is 9.10. The van der Waals surface area contributed by atoms with Crippen LogP contribution in [0.2, 0.25) is 0 Å². The summed E-state index contributed by atoms with van der Waals surface area (Å²) in [6.07, 6.45) is 3.01. The maximum absolute atomic E-state index is 12.4. The summed E-state index contributed by atoms with van der Waals surface area (Å²) in [7, 11) is 0. The molecule has 0 radical (unpaired) electrons. The minimum Gasteiger partial charge on any atom is -0.340 e. The summed E-state index contributed by atoms with van der Waals surface area (Å²) >= 11 is 0. The predicted molar refractivity (Wildman–Crippen MR) is 108 cm³/mol. The number of piperazine rings is 1. The van der Waals surface area contributed by atoms with Crippen molar-refractivity contribution in [2.45, 2.75) is 32.7 Å². The van der Waals surface area contributed by atoms with Crippen molar-refractivity contribution in [2.24, 2.45) is 5.92 Å². The summed E-state index contributed by atoms with van der Waals surface area (Å²) in [4.78, 5) is 16.9. The van der Waals surface area contributed by atoms with Crippen LogP contribution in [0.5, 0.6) is 0 Å². The number of aryl methyl sites for hydroxylation is 1. The molecule has 6 heteroatoms. The van der Waals surface area contributed by atoms with E-state index in [-0.39, 0.29) is 24.8 Å². The Morgan fingerprint density at radius 1 is 1.20 bits per heavy atom. The van der Waals surface area contributed by atoms with Crippen molar-refractivity contribution in [1.82, 2.24) is 15.1 Å². The van der Waals surface area contributed by atoms with Gasteiger partial charge in [-0.1, -0.05) is 29.8 Å². The van der Waals surface area contributed by atoms with Gasteiger partial charge in [-0.2, -0.15) is 0 Å². The molecule has 0 bridgehead atoms. The van der Waals surface area contributed by atoms with Crippen LogP contribution in [0.25, 0.3) is 0 Å². The van der Waals surface area contributed by atoms with Crippen molar-refractivity contribution in [1.29, 1.82) is 0 Å². The average molecular weight is 388 g/mol. The number of carbonyl (C=O) groups excluding carboxylic acids is 1. The fourth-order valence-corrected chi connectivity index (χ4v) is 3.67. The van der Waals surface area contributed by atoms with E-state index >= 15 is 0 Å². The Kier molecular flexibility index (Phi) is 9.80. The molecule has 1 unspecified atom stereocenters. The molecule has 0 aliphatic carbocycles.